The van der Waals surface area contributed by atoms with Crippen molar-refractivity contribution in [2.45, 2.75) is 25.8 Å². The Morgan fingerprint density at radius 1 is 1.17 bits per heavy atom. The topological polar surface area (TPSA) is 26.0 Å². The van der Waals surface area contributed by atoms with E-state index in [1.807, 2.05) is 6.07 Å². The van der Waals surface area contributed by atoms with Crippen LogP contribution in [0.15, 0.2) is 34.1 Å². The lowest BCUT2D eigenvalue weighted by Crippen LogP contribution is -2.10. The zero-order chi connectivity index (χ0) is 13.3. The molecule has 0 saturated heterocycles. The molecule has 0 aliphatic heterocycles. The van der Waals surface area contributed by atoms with Gasteiger partial charge in [-0.3, -0.25) is 0 Å². The highest BCUT2D eigenvalue weighted by Gasteiger charge is 2.14. The van der Waals surface area contributed by atoms with Gasteiger partial charge in [0.25, 0.3) is 0 Å². The van der Waals surface area contributed by atoms with Crippen LogP contribution in [0.2, 0.25) is 5.02 Å². The Morgan fingerprint density at radius 2 is 1.72 bits per heavy atom. The van der Waals surface area contributed by atoms with Crippen LogP contribution in [-0.4, -0.2) is 0 Å². The van der Waals surface area contributed by atoms with Crippen molar-refractivity contribution in [3.63, 3.8) is 0 Å². The van der Waals surface area contributed by atoms with Crippen molar-refractivity contribution in [2.24, 2.45) is 5.73 Å². The van der Waals surface area contributed by atoms with Crippen molar-refractivity contribution in [3.8, 4) is 0 Å². The molecule has 1 aromatic heterocycles. The monoisotopic (exact) mass is 343 g/mol. The highest BCUT2D eigenvalue weighted by molar-refractivity contribution is 9.11. The normalized spacial score (nSPS) is 13.0. The molecule has 0 spiro atoms. The fourth-order valence-electron chi connectivity index (χ4n) is 1.77. The molecule has 2 N–H and O–H groups in total. The van der Waals surface area contributed by atoms with E-state index in [-0.39, 0.29) is 6.04 Å². The van der Waals surface area contributed by atoms with Crippen LogP contribution in [0.5, 0.6) is 0 Å². The molecular weight excluding hydrogens is 330 g/mol. The summed E-state index contributed by atoms with van der Waals surface area (Å²) in [6.45, 7) is 4.37. The zero-order valence-electron chi connectivity index (χ0n) is 10.3. The molecule has 0 fully saturated rings. The number of halogens is 2. The minimum atomic E-state index is -0.111. The smallest absolute Gasteiger partial charge is 0.0888 e. The predicted octanol–water partition coefficient (Wildman–Crippen LogP) is 5.34. The maximum absolute atomic E-state index is 6.26. The first-order valence-electron chi connectivity index (χ1n) is 5.79. The van der Waals surface area contributed by atoms with Crippen molar-refractivity contribution in [3.05, 3.63) is 55.1 Å². The molecule has 0 aliphatic rings. The average molecular weight is 345 g/mol. The van der Waals surface area contributed by atoms with Crippen LogP contribution in [0, 0.1) is 0 Å². The van der Waals surface area contributed by atoms with Gasteiger partial charge in [-0.15, -0.1) is 11.3 Å². The minimum Gasteiger partial charge on any atom is -0.320 e. The fourth-order valence-corrected chi connectivity index (χ4v) is 3.55. The SMILES string of the molecule is CC(C)c1ccc(C(N)c2cc(Cl)c(Br)s2)cc1. The van der Waals surface area contributed by atoms with Gasteiger partial charge in [-0.2, -0.15) is 0 Å². The van der Waals surface area contributed by atoms with E-state index in [2.05, 4.69) is 54.0 Å². The summed E-state index contributed by atoms with van der Waals surface area (Å²) in [7, 11) is 0. The van der Waals surface area contributed by atoms with Gasteiger partial charge >= 0.3 is 0 Å². The summed E-state index contributed by atoms with van der Waals surface area (Å²) >= 11 is 11.0. The van der Waals surface area contributed by atoms with Crippen molar-refractivity contribution >= 4 is 38.9 Å². The summed E-state index contributed by atoms with van der Waals surface area (Å²) < 4.78 is 0.938. The van der Waals surface area contributed by atoms with E-state index >= 15 is 0 Å². The maximum atomic E-state index is 6.26. The van der Waals surface area contributed by atoms with Gasteiger partial charge in [0.2, 0.25) is 0 Å². The summed E-state index contributed by atoms with van der Waals surface area (Å²) in [6, 6.07) is 10.3. The molecule has 1 aromatic carbocycles. The van der Waals surface area contributed by atoms with Crippen LogP contribution >= 0.6 is 38.9 Å². The van der Waals surface area contributed by atoms with Gasteiger partial charge < -0.3 is 5.73 Å². The van der Waals surface area contributed by atoms with E-state index in [1.165, 1.54) is 5.56 Å². The summed E-state index contributed by atoms with van der Waals surface area (Å²) in [4.78, 5) is 1.07. The van der Waals surface area contributed by atoms with Gasteiger partial charge in [-0.25, -0.2) is 0 Å². The van der Waals surface area contributed by atoms with Crippen LogP contribution in [0.1, 0.15) is 41.8 Å². The second kappa shape index (κ2) is 5.74. The molecule has 1 heterocycles. The standard InChI is InChI=1S/C14H15BrClNS/c1-8(2)9-3-5-10(6-4-9)13(17)12-7-11(16)14(15)18-12/h3-8,13H,17H2,1-2H3. The summed E-state index contributed by atoms with van der Waals surface area (Å²) in [5.74, 6) is 0.542. The molecule has 1 atom stereocenters. The molecule has 18 heavy (non-hydrogen) atoms. The van der Waals surface area contributed by atoms with Crippen LogP contribution in [-0.2, 0) is 0 Å². The maximum Gasteiger partial charge on any atom is 0.0888 e. The second-order valence-electron chi connectivity index (χ2n) is 4.57. The third-order valence-corrected chi connectivity index (χ3v) is 5.49. The number of hydrogen-bond acceptors (Lipinski definition) is 2. The van der Waals surface area contributed by atoms with Crippen LogP contribution in [0.25, 0.3) is 0 Å². The van der Waals surface area contributed by atoms with Crippen molar-refractivity contribution in [1.82, 2.24) is 0 Å². The first kappa shape index (κ1) is 14.1. The highest BCUT2D eigenvalue weighted by Crippen LogP contribution is 2.36. The first-order chi connectivity index (χ1) is 8.49. The highest BCUT2D eigenvalue weighted by atomic mass is 79.9. The molecule has 4 heteroatoms. The number of rotatable bonds is 3. The Morgan fingerprint density at radius 3 is 2.17 bits per heavy atom. The van der Waals surface area contributed by atoms with E-state index in [0.717, 1.165) is 19.2 Å². The largest absolute Gasteiger partial charge is 0.320 e. The minimum absolute atomic E-state index is 0.111. The molecule has 2 aromatic rings. The third kappa shape index (κ3) is 2.97. The van der Waals surface area contributed by atoms with E-state index in [9.17, 15) is 0 Å². The molecule has 1 unspecified atom stereocenters. The molecule has 1 nitrogen and oxygen atoms in total. The molecule has 0 aliphatic carbocycles. The summed E-state index contributed by atoms with van der Waals surface area (Å²) in [6.07, 6.45) is 0. The van der Waals surface area contributed by atoms with Crippen LogP contribution in [0.4, 0.5) is 0 Å². The average Bonchev–Trinajstić information content (AvgIpc) is 2.69. The number of benzene rings is 1. The first-order valence-corrected chi connectivity index (χ1v) is 7.78. The van der Waals surface area contributed by atoms with Crippen LogP contribution < -0.4 is 5.73 Å². The lowest BCUT2D eigenvalue weighted by Gasteiger charge is -2.12. The van der Waals surface area contributed by atoms with Gasteiger partial charge in [0.15, 0.2) is 0 Å². The van der Waals surface area contributed by atoms with Crippen molar-refractivity contribution in [1.29, 1.82) is 0 Å². The van der Waals surface area contributed by atoms with Gasteiger partial charge in [0, 0.05) is 4.88 Å². The Bertz CT molecular complexity index is 514. The molecular formula is C14H15BrClNS. The number of hydrogen-bond donors (Lipinski definition) is 1. The van der Waals surface area contributed by atoms with E-state index in [4.69, 9.17) is 17.3 Å². The number of thiophene rings is 1. The van der Waals surface area contributed by atoms with Crippen molar-refractivity contribution < 1.29 is 0 Å². The zero-order valence-corrected chi connectivity index (χ0v) is 13.4. The molecule has 0 amide bonds. The number of nitrogens with two attached hydrogens (primary N) is 1. The van der Waals surface area contributed by atoms with Gasteiger partial charge in [0.05, 0.1) is 14.9 Å². The van der Waals surface area contributed by atoms with E-state index in [1.54, 1.807) is 11.3 Å². The Balaban J connectivity index is 2.25. The molecule has 0 saturated carbocycles. The van der Waals surface area contributed by atoms with E-state index in [0.29, 0.717) is 5.92 Å². The second-order valence-corrected chi connectivity index (χ2v) is 7.38. The van der Waals surface area contributed by atoms with Gasteiger partial charge in [-0.1, -0.05) is 49.7 Å². The summed E-state index contributed by atoms with van der Waals surface area (Å²) in [5.41, 5.74) is 8.70. The lowest BCUT2D eigenvalue weighted by molar-refractivity contribution is 0.854. The Labute approximate surface area is 125 Å². The molecule has 0 radical (unpaired) electrons. The predicted molar refractivity (Wildman–Crippen MR) is 83.6 cm³/mol. The third-order valence-electron chi connectivity index (χ3n) is 2.93. The lowest BCUT2D eigenvalue weighted by atomic mass is 9.99. The summed E-state index contributed by atoms with van der Waals surface area (Å²) in [5, 5.41) is 0.726. The van der Waals surface area contributed by atoms with Crippen LogP contribution in [0.3, 0.4) is 0 Å². The molecule has 0 bridgehead atoms. The molecule has 96 valence electrons. The fraction of sp³-hybridized carbons (Fsp3) is 0.286. The molecule has 2 rings (SSSR count). The van der Waals surface area contributed by atoms with E-state index < -0.39 is 0 Å². The van der Waals surface area contributed by atoms with Gasteiger partial charge in [0.1, 0.15) is 0 Å². The quantitative estimate of drug-likeness (QED) is 0.799. The Hall–Kier alpha value is -0.350. The Kier molecular flexibility index (Phi) is 4.49. The van der Waals surface area contributed by atoms with Crippen molar-refractivity contribution in [2.75, 3.05) is 0 Å². The van der Waals surface area contributed by atoms with Gasteiger partial charge in [-0.05, 0) is 39.0 Å².